The summed E-state index contributed by atoms with van der Waals surface area (Å²) < 4.78 is 20.8. The fraction of sp³-hybridized carbons (Fsp3) is 0.500. The topological polar surface area (TPSA) is 54.0 Å². The summed E-state index contributed by atoms with van der Waals surface area (Å²) in [5.41, 5.74) is 0. The minimum atomic E-state index is -2.82. The van der Waals surface area contributed by atoms with Crippen LogP contribution in [-0.4, -0.2) is 35.3 Å². The third-order valence-electron chi connectivity index (χ3n) is 1.81. The van der Waals surface area contributed by atoms with Crippen LogP contribution in [0.3, 0.4) is 0 Å². The minimum absolute atomic E-state index is 0.440. The predicted molar refractivity (Wildman–Crippen MR) is 61.6 cm³/mol. The van der Waals surface area contributed by atoms with Crippen molar-refractivity contribution in [2.24, 2.45) is 0 Å². The maximum atomic E-state index is 10.9. The first kappa shape index (κ1) is 15.0. The normalized spacial score (nSPS) is 12.9. The summed E-state index contributed by atoms with van der Waals surface area (Å²) in [5.74, 6) is -0.554. The Morgan fingerprint density at radius 1 is 1.38 bits per heavy atom. The highest BCUT2D eigenvalue weighted by molar-refractivity contribution is 6.61. The van der Waals surface area contributed by atoms with Gasteiger partial charge < -0.3 is 18.0 Å². The Labute approximate surface area is 97.0 Å². The zero-order valence-electron chi connectivity index (χ0n) is 9.89. The fourth-order valence-corrected chi connectivity index (χ4v) is 2.76. The molecule has 0 aliphatic heterocycles. The van der Waals surface area contributed by atoms with E-state index in [0.29, 0.717) is 6.04 Å². The predicted octanol–water partition coefficient (Wildman–Crippen LogP) is 1.50. The third kappa shape index (κ3) is 4.71. The first-order chi connectivity index (χ1) is 7.53. The second-order valence-electron chi connectivity index (χ2n) is 2.91. The lowest BCUT2D eigenvalue weighted by atomic mass is 10.6. The van der Waals surface area contributed by atoms with Crippen molar-refractivity contribution in [1.82, 2.24) is 0 Å². The number of esters is 1. The molecule has 0 saturated heterocycles. The summed E-state index contributed by atoms with van der Waals surface area (Å²) in [6, 6.07) is 0.440. The molecule has 6 heteroatoms. The lowest BCUT2D eigenvalue weighted by Crippen LogP contribution is -2.46. The van der Waals surface area contributed by atoms with Crippen LogP contribution in [0.1, 0.15) is 6.92 Å². The molecule has 0 spiro atoms. The van der Waals surface area contributed by atoms with Crippen molar-refractivity contribution in [1.29, 1.82) is 0 Å². The molecule has 0 aliphatic carbocycles. The van der Waals surface area contributed by atoms with Gasteiger partial charge in [0.2, 0.25) is 0 Å². The van der Waals surface area contributed by atoms with E-state index < -0.39 is 21.1 Å². The molecule has 0 aromatic heterocycles. The van der Waals surface area contributed by atoms with Crippen LogP contribution < -0.4 is 0 Å². The highest BCUT2D eigenvalue weighted by atomic mass is 28.4. The molecule has 0 heterocycles. The molecule has 0 saturated carbocycles. The van der Waals surface area contributed by atoms with Gasteiger partial charge in [-0.1, -0.05) is 12.7 Å². The van der Waals surface area contributed by atoms with Crippen molar-refractivity contribution in [3.63, 3.8) is 0 Å². The van der Waals surface area contributed by atoms with E-state index in [1.54, 1.807) is 13.0 Å². The van der Waals surface area contributed by atoms with Crippen LogP contribution >= 0.6 is 0 Å². The Bertz CT molecular complexity index is 250. The van der Waals surface area contributed by atoms with Crippen LogP contribution in [0.2, 0.25) is 6.04 Å². The van der Waals surface area contributed by atoms with Crippen molar-refractivity contribution in [3.05, 3.63) is 25.3 Å². The Hall–Kier alpha value is -0.953. The summed E-state index contributed by atoms with van der Waals surface area (Å²) in [4.78, 5) is 10.9. The highest BCUT2D eigenvalue weighted by Gasteiger charge is 2.40. The smallest absolute Gasteiger partial charge is 0.434 e. The number of carbonyl (C=O) groups excluding carboxylic acids is 1. The molecule has 16 heavy (non-hydrogen) atoms. The van der Waals surface area contributed by atoms with Gasteiger partial charge in [-0.2, -0.15) is 0 Å². The Kier molecular flexibility index (Phi) is 6.90. The quantitative estimate of drug-likeness (QED) is 0.213. The molecule has 0 radical (unpaired) electrons. The van der Waals surface area contributed by atoms with Gasteiger partial charge in [0.25, 0.3) is 0 Å². The lowest BCUT2D eigenvalue weighted by Gasteiger charge is -2.28. The summed E-state index contributed by atoms with van der Waals surface area (Å²) in [7, 11) is 0.159. The molecule has 0 fully saturated rings. The maximum Gasteiger partial charge on any atom is 0.507 e. The van der Waals surface area contributed by atoms with Gasteiger partial charge in [-0.3, -0.25) is 0 Å². The van der Waals surface area contributed by atoms with Crippen molar-refractivity contribution in [2.45, 2.75) is 19.3 Å². The van der Waals surface area contributed by atoms with Crippen LogP contribution in [0.5, 0.6) is 0 Å². The molecule has 92 valence electrons. The first-order valence-corrected chi connectivity index (χ1v) is 6.68. The van der Waals surface area contributed by atoms with E-state index in [9.17, 15) is 4.79 Å². The van der Waals surface area contributed by atoms with Gasteiger partial charge in [0.15, 0.2) is 6.29 Å². The lowest BCUT2D eigenvalue weighted by molar-refractivity contribution is -0.160. The average Bonchev–Trinajstić information content (AvgIpc) is 2.28. The van der Waals surface area contributed by atoms with Crippen molar-refractivity contribution < 1.29 is 22.8 Å². The zero-order valence-corrected chi connectivity index (χ0v) is 10.9. The molecule has 5 nitrogen and oxygen atoms in total. The van der Waals surface area contributed by atoms with E-state index in [2.05, 4.69) is 13.2 Å². The molecule has 0 aromatic carbocycles. The minimum Gasteiger partial charge on any atom is -0.434 e. The number of ether oxygens (including phenoxy) is 1. The fourth-order valence-electron chi connectivity index (χ4n) is 1.06. The molecular formula is C10H18O5Si. The van der Waals surface area contributed by atoms with Crippen LogP contribution in [0.25, 0.3) is 0 Å². The molecule has 1 atom stereocenters. The van der Waals surface area contributed by atoms with Crippen molar-refractivity contribution in [2.75, 3.05) is 14.2 Å². The molecule has 1 unspecified atom stereocenters. The SMILES string of the molecule is C=CC[Si](OC)(OC)OC(C)OC(=O)C=C. The molecule has 0 bridgehead atoms. The van der Waals surface area contributed by atoms with Gasteiger partial charge in [-0.15, -0.1) is 6.58 Å². The van der Waals surface area contributed by atoms with E-state index >= 15 is 0 Å². The molecule has 0 aromatic rings. The van der Waals surface area contributed by atoms with Crippen molar-refractivity contribution in [3.8, 4) is 0 Å². The number of carbonyl (C=O) groups is 1. The second kappa shape index (κ2) is 7.34. The van der Waals surface area contributed by atoms with Gasteiger partial charge in [0.05, 0.1) is 0 Å². The molecule has 0 aliphatic rings. The molecular weight excluding hydrogens is 228 g/mol. The van der Waals surface area contributed by atoms with Crippen LogP contribution in [0, 0.1) is 0 Å². The summed E-state index contributed by atoms with van der Waals surface area (Å²) in [6.45, 7) is 8.47. The van der Waals surface area contributed by atoms with E-state index in [4.69, 9.17) is 18.0 Å². The van der Waals surface area contributed by atoms with E-state index in [1.807, 2.05) is 0 Å². The first-order valence-electron chi connectivity index (χ1n) is 4.75. The standard InChI is InChI=1S/C10H18O5Si/c1-6-8-16(12-4,13-5)15-9(3)14-10(11)7-2/h6-7,9H,1-2,8H2,3-5H3. The van der Waals surface area contributed by atoms with Crippen LogP contribution in [0.4, 0.5) is 0 Å². The van der Waals surface area contributed by atoms with Gasteiger partial charge in [0.1, 0.15) is 0 Å². The van der Waals surface area contributed by atoms with E-state index in [0.717, 1.165) is 6.08 Å². The Morgan fingerprint density at radius 3 is 2.31 bits per heavy atom. The van der Waals surface area contributed by atoms with E-state index in [1.165, 1.54) is 14.2 Å². The molecule has 0 amide bonds. The van der Waals surface area contributed by atoms with Crippen molar-refractivity contribution >= 4 is 14.8 Å². The maximum absolute atomic E-state index is 10.9. The van der Waals surface area contributed by atoms with Crippen LogP contribution in [0.15, 0.2) is 25.3 Å². The van der Waals surface area contributed by atoms with Gasteiger partial charge in [-0.05, 0) is 6.92 Å². The third-order valence-corrected chi connectivity index (χ3v) is 4.53. The monoisotopic (exact) mass is 246 g/mol. The van der Waals surface area contributed by atoms with Gasteiger partial charge in [-0.25, -0.2) is 4.79 Å². The summed E-state index contributed by atoms with van der Waals surface area (Å²) in [6.07, 6.45) is 1.95. The average molecular weight is 246 g/mol. The zero-order chi connectivity index (χ0) is 12.6. The summed E-state index contributed by atoms with van der Waals surface area (Å²) in [5, 5.41) is 0. The second-order valence-corrected chi connectivity index (χ2v) is 5.74. The number of hydrogen-bond acceptors (Lipinski definition) is 5. The van der Waals surface area contributed by atoms with Crippen LogP contribution in [-0.2, 0) is 22.8 Å². The Balaban J connectivity index is 4.43. The molecule has 0 N–H and O–H groups in total. The number of allylic oxidation sites excluding steroid dienone is 1. The number of rotatable bonds is 8. The highest BCUT2D eigenvalue weighted by Crippen LogP contribution is 2.17. The Morgan fingerprint density at radius 2 is 1.94 bits per heavy atom. The van der Waals surface area contributed by atoms with Gasteiger partial charge >= 0.3 is 14.8 Å². The summed E-state index contributed by atoms with van der Waals surface area (Å²) >= 11 is 0. The van der Waals surface area contributed by atoms with Gasteiger partial charge in [0, 0.05) is 26.3 Å². The largest absolute Gasteiger partial charge is 0.507 e. The molecule has 0 rings (SSSR count). The number of hydrogen-bond donors (Lipinski definition) is 0. The van der Waals surface area contributed by atoms with E-state index in [-0.39, 0.29) is 0 Å².